The molecule has 1 amide bonds. The summed E-state index contributed by atoms with van der Waals surface area (Å²) in [6.07, 6.45) is -2.68. The van der Waals surface area contributed by atoms with Crippen LogP contribution in [0.2, 0.25) is 0 Å². The maximum Gasteiger partial charge on any atom is 0.342 e. The highest BCUT2D eigenvalue weighted by Gasteiger charge is 2.42. The van der Waals surface area contributed by atoms with E-state index in [4.69, 9.17) is 15.2 Å². The van der Waals surface area contributed by atoms with E-state index in [0.717, 1.165) is 0 Å². The highest BCUT2D eigenvalue weighted by atomic mass is 16.6. The van der Waals surface area contributed by atoms with Crippen molar-refractivity contribution in [2.75, 3.05) is 0 Å². The van der Waals surface area contributed by atoms with E-state index >= 15 is 0 Å². The molecule has 0 saturated carbocycles. The van der Waals surface area contributed by atoms with Gasteiger partial charge in [-0.05, 0) is 24.0 Å². The predicted molar refractivity (Wildman–Crippen MR) is 101 cm³/mol. The van der Waals surface area contributed by atoms with Crippen LogP contribution in [0.15, 0.2) is 18.2 Å². The summed E-state index contributed by atoms with van der Waals surface area (Å²) in [6.45, 7) is 3.91. The number of amides is 1. The van der Waals surface area contributed by atoms with Crippen LogP contribution in [0, 0.1) is 5.92 Å². The number of nitrogens with two attached hydrogens (primary N) is 1. The van der Waals surface area contributed by atoms with Gasteiger partial charge in [0.2, 0.25) is 0 Å². The van der Waals surface area contributed by atoms with Gasteiger partial charge in [0.1, 0.15) is 17.4 Å². The Labute approximate surface area is 168 Å². The second-order valence-corrected chi connectivity index (χ2v) is 7.97. The van der Waals surface area contributed by atoms with Crippen molar-refractivity contribution in [1.29, 1.82) is 0 Å². The third-order valence-corrected chi connectivity index (χ3v) is 5.19. The number of phenols is 1. The molecule has 29 heavy (non-hydrogen) atoms. The molecule has 2 aliphatic heterocycles. The number of hydrogen-bond donors (Lipinski definition) is 4. The maximum absolute atomic E-state index is 12.6. The van der Waals surface area contributed by atoms with Gasteiger partial charge in [-0.25, -0.2) is 4.79 Å². The van der Waals surface area contributed by atoms with Crippen molar-refractivity contribution in [3.8, 4) is 5.75 Å². The lowest BCUT2D eigenvalue weighted by Crippen LogP contribution is -2.55. The molecule has 1 aromatic carbocycles. The van der Waals surface area contributed by atoms with Gasteiger partial charge in [0.25, 0.3) is 5.91 Å². The number of hydrogen-bond acceptors (Lipinski definition) is 8. The molecule has 1 fully saturated rings. The number of carbonyl (C=O) groups excluding carboxylic acids is 3. The third kappa shape index (κ3) is 4.51. The molecule has 5 atom stereocenters. The quantitative estimate of drug-likeness (QED) is 0.483. The van der Waals surface area contributed by atoms with Crippen molar-refractivity contribution in [3.05, 3.63) is 29.3 Å². The Balaban J connectivity index is 1.75. The lowest BCUT2D eigenvalue weighted by molar-refractivity contribution is -0.150. The average molecular weight is 406 g/mol. The number of esters is 2. The first-order chi connectivity index (χ1) is 13.7. The lowest BCUT2D eigenvalue weighted by atomic mass is 9.90. The summed E-state index contributed by atoms with van der Waals surface area (Å²) < 4.78 is 10.4. The first kappa shape index (κ1) is 21.1. The van der Waals surface area contributed by atoms with Gasteiger partial charge in [0, 0.05) is 6.42 Å². The number of fused-ring (bicyclic) bond motifs is 1. The minimum Gasteiger partial charge on any atom is -0.507 e. The van der Waals surface area contributed by atoms with Crippen LogP contribution in [0.1, 0.15) is 42.6 Å². The van der Waals surface area contributed by atoms with Crippen molar-refractivity contribution in [1.82, 2.24) is 5.32 Å². The van der Waals surface area contributed by atoms with Crippen LogP contribution in [-0.2, 0) is 25.5 Å². The molecule has 0 bridgehead atoms. The maximum atomic E-state index is 12.6. The molecule has 0 spiro atoms. The summed E-state index contributed by atoms with van der Waals surface area (Å²) in [5.41, 5.74) is 6.52. The number of benzene rings is 1. The van der Waals surface area contributed by atoms with Crippen LogP contribution in [0.4, 0.5) is 0 Å². The predicted octanol–water partition coefficient (Wildman–Crippen LogP) is 0.00830. The van der Waals surface area contributed by atoms with Crippen LogP contribution in [0.25, 0.3) is 0 Å². The van der Waals surface area contributed by atoms with Crippen molar-refractivity contribution in [3.63, 3.8) is 0 Å². The molecule has 1 saturated heterocycles. The zero-order valence-corrected chi connectivity index (χ0v) is 16.3. The summed E-state index contributed by atoms with van der Waals surface area (Å²) in [6, 6.07) is 3.43. The van der Waals surface area contributed by atoms with E-state index in [-0.39, 0.29) is 23.7 Å². The largest absolute Gasteiger partial charge is 0.507 e. The number of cyclic esters (lactones) is 2. The van der Waals surface area contributed by atoms with Crippen molar-refractivity contribution >= 4 is 17.8 Å². The van der Waals surface area contributed by atoms with E-state index in [9.17, 15) is 24.6 Å². The smallest absolute Gasteiger partial charge is 0.342 e. The summed E-state index contributed by atoms with van der Waals surface area (Å²) >= 11 is 0. The Hall–Kier alpha value is -2.65. The second kappa shape index (κ2) is 8.38. The number of phenolic OH excluding ortho intramolecular Hbond substituents is 1. The van der Waals surface area contributed by atoms with Gasteiger partial charge in [-0.3, -0.25) is 9.59 Å². The number of aliphatic hydroxyl groups is 1. The Morgan fingerprint density at radius 2 is 2.00 bits per heavy atom. The monoisotopic (exact) mass is 406 g/mol. The molecule has 3 rings (SSSR count). The number of aliphatic hydroxyl groups excluding tert-OH is 1. The van der Waals surface area contributed by atoms with Gasteiger partial charge < -0.3 is 30.7 Å². The fourth-order valence-corrected chi connectivity index (χ4v) is 3.79. The van der Waals surface area contributed by atoms with Gasteiger partial charge in [0.05, 0.1) is 18.5 Å². The normalized spacial score (nSPS) is 25.8. The third-order valence-electron chi connectivity index (χ3n) is 5.19. The average Bonchev–Trinajstić information content (AvgIpc) is 2.97. The van der Waals surface area contributed by atoms with Gasteiger partial charge >= 0.3 is 11.9 Å². The SMILES string of the molecule is CC(C)C[C@H](NC(=O)[C@@H](O)C1OC(=O)CC1N)C1Cc2cccc(O)c2C(=O)O1. The van der Waals surface area contributed by atoms with E-state index in [2.05, 4.69) is 5.32 Å². The van der Waals surface area contributed by atoms with Crippen LogP contribution >= 0.6 is 0 Å². The number of rotatable bonds is 6. The number of ether oxygens (including phenoxy) is 2. The standard InChI is InChI=1S/C20H26N2O7/c1-9(2)6-12(22-19(26)17(25)18-11(21)8-15(24)29-18)14-7-10-4-3-5-13(23)16(10)20(27)28-14/h3-5,9,11-12,14,17-18,23,25H,6-8,21H2,1-2H3,(H,22,26)/t11?,12-,14?,17-,18?/m0/s1. The molecule has 2 heterocycles. The van der Waals surface area contributed by atoms with E-state index in [1.807, 2.05) is 13.8 Å². The van der Waals surface area contributed by atoms with E-state index < -0.39 is 48.2 Å². The molecule has 5 N–H and O–H groups in total. The van der Waals surface area contributed by atoms with Crippen LogP contribution in [-0.4, -0.2) is 58.5 Å². The number of nitrogens with one attached hydrogen (secondary N) is 1. The fraction of sp³-hybridized carbons (Fsp3) is 0.550. The summed E-state index contributed by atoms with van der Waals surface area (Å²) in [5, 5.41) is 23.0. The van der Waals surface area contributed by atoms with Crippen LogP contribution < -0.4 is 11.1 Å². The molecule has 1 aromatic rings. The summed E-state index contributed by atoms with van der Waals surface area (Å²) in [5.74, 6) is -1.96. The first-order valence-corrected chi connectivity index (χ1v) is 9.62. The Morgan fingerprint density at radius 1 is 1.28 bits per heavy atom. The molecule has 158 valence electrons. The summed E-state index contributed by atoms with van der Waals surface area (Å²) in [4.78, 5) is 36.4. The second-order valence-electron chi connectivity index (χ2n) is 7.97. The highest BCUT2D eigenvalue weighted by molar-refractivity contribution is 5.95. The van der Waals surface area contributed by atoms with E-state index in [1.54, 1.807) is 12.1 Å². The molecule has 0 aliphatic carbocycles. The highest BCUT2D eigenvalue weighted by Crippen LogP contribution is 2.30. The first-order valence-electron chi connectivity index (χ1n) is 9.62. The molecular formula is C20H26N2O7. The number of carbonyl (C=O) groups is 3. The van der Waals surface area contributed by atoms with Crippen LogP contribution in [0.5, 0.6) is 5.75 Å². The van der Waals surface area contributed by atoms with Crippen molar-refractivity contribution in [2.45, 2.75) is 63.5 Å². The van der Waals surface area contributed by atoms with Gasteiger partial charge in [-0.1, -0.05) is 26.0 Å². The fourth-order valence-electron chi connectivity index (χ4n) is 3.79. The molecule has 0 radical (unpaired) electrons. The van der Waals surface area contributed by atoms with E-state index in [0.29, 0.717) is 18.4 Å². The zero-order valence-electron chi connectivity index (χ0n) is 16.3. The molecule has 9 heteroatoms. The van der Waals surface area contributed by atoms with Crippen molar-refractivity contribution < 1.29 is 34.1 Å². The Morgan fingerprint density at radius 3 is 2.62 bits per heavy atom. The van der Waals surface area contributed by atoms with E-state index in [1.165, 1.54) is 6.07 Å². The van der Waals surface area contributed by atoms with Gasteiger partial charge in [-0.15, -0.1) is 0 Å². The Kier molecular flexibility index (Phi) is 6.09. The molecule has 3 unspecified atom stereocenters. The molecular weight excluding hydrogens is 380 g/mol. The minimum absolute atomic E-state index is 0.0645. The number of aromatic hydroxyl groups is 1. The summed E-state index contributed by atoms with van der Waals surface area (Å²) in [7, 11) is 0. The Bertz CT molecular complexity index is 810. The van der Waals surface area contributed by atoms with Gasteiger partial charge in [0.15, 0.2) is 12.2 Å². The molecule has 2 aliphatic rings. The van der Waals surface area contributed by atoms with Crippen molar-refractivity contribution in [2.24, 2.45) is 11.7 Å². The molecule has 9 nitrogen and oxygen atoms in total. The van der Waals surface area contributed by atoms with Gasteiger partial charge in [-0.2, -0.15) is 0 Å². The zero-order chi connectivity index (χ0) is 21.3. The minimum atomic E-state index is -1.62. The molecule has 0 aromatic heterocycles. The lowest BCUT2D eigenvalue weighted by Gasteiger charge is -2.33. The van der Waals surface area contributed by atoms with Crippen LogP contribution in [0.3, 0.4) is 0 Å². The topological polar surface area (TPSA) is 148 Å².